The van der Waals surface area contributed by atoms with Crippen molar-refractivity contribution in [2.24, 2.45) is 0 Å². The first kappa shape index (κ1) is 20.9. The van der Waals surface area contributed by atoms with E-state index in [2.05, 4.69) is 10.3 Å². The van der Waals surface area contributed by atoms with Gasteiger partial charge in [-0.1, -0.05) is 23.2 Å². The number of carbonyl (C=O) groups is 2. The Kier molecular flexibility index (Phi) is 6.47. The molecule has 0 aromatic carbocycles. The fourth-order valence-electron chi connectivity index (χ4n) is 2.78. The van der Waals surface area contributed by atoms with Crippen LogP contribution in [-0.2, 0) is 9.47 Å². The molecule has 1 aliphatic heterocycles. The second kappa shape index (κ2) is 8.06. The number of aromatic nitrogens is 1. The molecule has 0 saturated carbocycles. The van der Waals surface area contributed by atoms with Crippen LogP contribution in [0.2, 0.25) is 10.0 Å². The molecule has 1 saturated heterocycles. The van der Waals surface area contributed by atoms with Gasteiger partial charge < -0.3 is 24.7 Å². The minimum atomic E-state index is -0.563. The number of nitrogens with one attached hydrogen (secondary N) is 2. The SMILES string of the molecule is CO[C@H]1CN(C(=O)OC(C)(C)C)CC[C@H]1NC(=O)c1[nH]c(C)c(Cl)c1Cl. The fraction of sp³-hybridized carbons (Fsp3) is 0.647. The van der Waals surface area contributed by atoms with E-state index in [1.54, 1.807) is 18.9 Å². The van der Waals surface area contributed by atoms with Crippen LogP contribution in [0.5, 0.6) is 0 Å². The van der Waals surface area contributed by atoms with Crippen molar-refractivity contribution in [3.8, 4) is 0 Å². The summed E-state index contributed by atoms with van der Waals surface area (Å²) >= 11 is 12.1. The van der Waals surface area contributed by atoms with Crippen molar-refractivity contribution in [1.82, 2.24) is 15.2 Å². The molecule has 0 radical (unpaired) electrons. The van der Waals surface area contributed by atoms with E-state index in [1.165, 1.54) is 0 Å². The van der Waals surface area contributed by atoms with Crippen LogP contribution in [0.4, 0.5) is 4.79 Å². The molecule has 2 rings (SSSR count). The first-order valence-electron chi connectivity index (χ1n) is 8.38. The molecule has 1 fully saturated rings. The smallest absolute Gasteiger partial charge is 0.410 e. The Balaban J connectivity index is 2.02. The maximum Gasteiger partial charge on any atom is 0.410 e. The lowest BCUT2D eigenvalue weighted by Gasteiger charge is -2.38. The maximum absolute atomic E-state index is 12.5. The summed E-state index contributed by atoms with van der Waals surface area (Å²) in [4.78, 5) is 29.2. The van der Waals surface area contributed by atoms with Gasteiger partial charge in [0.15, 0.2) is 0 Å². The molecule has 2 heterocycles. The first-order valence-corrected chi connectivity index (χ1v) is 9.14. The van der Waals surface area contributed by atoms with Crippen LogP contribution in [0, 0.1) is 6.92 Å². The Morgan fingerprint density at radius 2 is 1.92 bits per heavy atom. The third-order valence-electron chi connectivity index (χ3n) is 4.11. The van der Waals surface area contributed by atoms with Crippen LogP contribution in [0.25, 0.3) is 0 Å². The summed E-state index contributed by atoms with van der Waals surface area (Å²) in [7, 11) is 1.55. The van der Waals surface area contributed by atoms with E-state index in [4.69, 9.17) is 32.7 Å². The van der Waals surface area contributed by atoms with Crippen LogP contribution in [0.1, 0.15) is 43.4 Å². The Bertz CT molecular complexity index is 684. The molecular weight excluding hydrogens is 381 g/mol. The molecule has 1 aromatic heterocycles. The molecule has 26 heavy (non-hydrogen) atoms. The molecule has 0 aliphatic carbocycles. The number of aryl methyl sites for hydroxylation is 1. The van der Waals surface area contributed by atoms with Gasteiger partial charge in [0.2, 0.25) is 0 Å². The van der Waals surface area contributed by atoms with Crippen LogP contribution in [0.3, 0.4) is 0 Å². The average molecular weight is 406 g/mol. The number of hydrogen-bond donors (Lipinski definition) is 2. The van der Waals surface area contributed by atoms with Gasteiger partial charge in [0.25, 0.3) is 5.91 Å². The van der Waals surface area contributed by atoms with E-state index in [0.29, 0.717) is 30.2 Å². The van der Waals surface area contributed by atoms with Gasteiger partial charge in [-0.3, -0.25) is 4.79 Å². The lowest BCUT2D eigenvalue weighted by molar-refractivity contribution is -0.0172. The molecule has 2 amide bonds. The Hall–Kier alpha value is -1.44. The number of methoxy groups -OCH3 is 1. The molecule has 146 valence electrons. The van der Waals surface area contributed by atoms with Crippen molar-refractivity contribution in [3.63, 3.8) is 0 Å². The van der Waals surface area contributed by atoms with E-state index < -0.39 is 5.60 Å². The largest absolute Gasteiger partial charge is 0.444 e. The molecule has 0 spiro atoms. The number of hydrogen-bond acceptors (Lipinski definition) is 4. The first-order chi connectivity index (χ1) is 12.0. The average Bonchev–Trinajstić information content (AvgIpc) is 2.81. The minimum absolute atomic E-state index is 0.196. The number of aromatic amines is 1. The van der Waals surface area contributed by atoms with Crippen molar-refractivity contribution >= 4 is 35.2 Å². The third kappa shape index (κ3) is 4.84. The molecule has 1 aliphatic rings. The Labute approximate surface area is 163 Å². The van der Waals surface area contributed by atoms with Gasteiger partial charge in [0, 0.05) is 19.3 Å². The number of H-pyrrole nitrogens is 1. The molecule has 2 atom stereocenters. The van der Waals surface area contributed by atoms with Gasteiger partial charge in [0.05, 0.1) is 28.7 Å². The summed E-state index contributed by atoms with van der Waals surface area (Å²) in [6.07, 6.45) is -0.209. The summed E-state index contributed by atoms with van der Waals surface area (Å²) in [6.45, 7) is 7.98. The highest BCUT2D eigenvalue weighted by Crippen LogP contribution is 2.29. The predicted octanol–water partition coefficient (Wildman–Crippen LogP) is 3.38. The fourth-order valence-corrected chi connectivity index (χ4v) is 3.20. The topological polar surface area (TPSA) is 83.7 Å². The summed E-state index contributed by atoms with van der Waals surface area (Å²) in [5.41, 5.74) is 0.287. The molecule has 7 nitrogen and oxygen atoms in total. The molecular formula is C17H25Cl2N3O4. The van der Waals surface area contributed by atoms with E-state index in [9.17, 15) is 9.59 Å². The maximum atomic E-state index is 12.5. The number of carbonyl (C=O) groups excluding carboxylic acids is 2. The van der Waals surface area contributed by atoms with Gasteiger partial charge in [-0.05, 0) is 34.1 Å². The van der Waals surface area contributed by atoms with Crippen LogP contribution >= 0.6 is 23.2 Å². The summed E-state index contributed by atoms with van der Waals surface area (Å²) in [5.74, 6) is -0.359. The van der Waals surface area contributed by atoms with Crippen LogP contribution in [0.15, 0.2) is 0 Å². The van der Waals surface area contributed by atoms with Crippen molar-refractivity contribution in [2.45, 2.75) is 51.9 Å². The van der Waals surface area contributed by atoms with Crippen LogP contribution in [-0.4, -0.2) is 59.8 Å². The second-order valence-electron chi connectivity index (χ2n) is 7.32. The number of amides is 2. The standard InChI is InChI=1S/C17H25Cl2N3O4/c1-9-12(18)13(19)14(20-9)15(23)21-10-6-7-22(8-11(10)25-5)16(24)26-17(2,3)4/h10-11,20H,6-8H2,1-5H3,(H,21,23)/t10-,11+/m1/s1. The van der Waals surface area contributed by atoms with E-state index in [1.807, 2.05) is 20.8 Å². The summed E-state index contributed by atoms with van der Waals surface area (Å²) < 4.78 is 10.9. The van der Waals surface area contributed by atoms with E-state index in [0.717, 1.165) is 0 Å². The number of nitrogens with zero attached hydrogens (tertiary/aromatic N) is 1. The van der Waals surface area contributed by atoms with Gasteiger partial charge >= 0.3 is 6.09 Å². The lowest BCUT2D eigenvalue weighted by Crippen LogP contribution is -2.56. The zero-order valence-electron chi connectivity index (χ0n) is 15.6. The number of rotatable bonds is 3. The van der Waals surface area contributed by atoms with Gasteiger partial charge in [0.1, 0.15) is 11.3 Å². The number of halogens is 2. The zero-order chi connectivity index (χ0) is 19.6. The molecule has 9 heteroatoms. The molecule has 2 N–H and O–H groups in total. The van der Waals surface area contributed by atoms with Gasteiger partial charge in [-0.25, -0.2) is 4.79 Å². The van der Waals surface area contributed by atoms with Crippen molar-refractivity contribution in [1.29, 1.82) is 0 Å². The minimum Gasteiger partial charge on any atom is -0.444 e. The highest BCUT2D eigenvalue weighted by molar-refractivity contribution is 6.44. The predicted molar refractivity (Wildman–Crippen MR) is 100 cm³/mol. The number of piperidine rings is 1. The third-order valence-corrected chi connectivity index (χ3v) is 5.06. The second-order valence-corrected chi connectivity index (χ2v) is 8.08. The molecule has 0 unspecified atom stereocenters. The monoisotopic (exact) mass is 405 g/mol. The highest BCUT2D eigenvalue weighted by Gasteiger charge is 2.35. The number of likely N-dealkylation sites (tertiary alicyclic amines) is 1. The van der Waals surface area contributed by atoms with E-state index in [-0.39, 0.29) is 34.9 Å². The summed E-state index contributed by atoms with van der Waals surface area (Å²) in [6, 6.07) is -0.260. The Morgan fingerprint density at radius 1 is 1.27 bits per heavy atom. The Morgan fingerprint density at radius 3 is 2.42 bits per heavy atom. The lowest BCUT2D eigenvalue weighted by atomic mass is 10.0. The van der Waals surface area contributed by atoms with Crippen molar-refractivity contribution < 1.29 is 19.1 Å². The summed E-state index contributed by atoms with van der Waals surface area (Å²) in [5, 5.41) is 3.44. The van der Waals surface area contributed by atoms with Crippen molar-refractivity contribution in [2.75, 3.05) is 20.2 Å². The molecule has 1 aromatic rings. The van der Waals surface area contributed by atoms with Crippen LogP contribution < -0.4 is 5.32 Å². The zero-order valence-corrected chi connectivity index (χ0v) is 17.1. The highest BCUT2D eigenvalue weighted by atomic mass is 35.5. The number of ether oxygens (including phenoxy) is 2. The normalized spacial score (nSPS) is 20.8. The molecule has 0 bridgehead atoms. The van der Waals surface area contributed by atoms with Gasteiger partial charge in [-0.2, -0.15) is 0 Å². The van der Waals surface area contributed by atoms with Gasteiger partial charge in [-0.15, -0.1) is 0 Å². The van der Waals surface area contributed by atoms with Crippen molar-refractivity contribution in [3.05, 3.63) is 21.4 Å². The van der Waals surface area contributed by atoms with E-state index >= 15 is 0 Å². The quantitative estimate of drug-likeness (QED) is 0.806.